The Bertz CT molecular complexity index is 1170. The minimum absolute atomic E-state index is 0.00740. The minimum atomic E-state index is -0.758. The molecule has 0 saturated carbocycles. The molecule has 0 unspecified atom stereocenters. The summed E-state index contributed by atoms with van der Waals surface area (Å²) >= 11 is 2.16. The highest BCUT2D eigenvalue weighted by molar-refractivity contribution is 8.02. The molecule has 1 aliphatic heterocycles. The van der Waals surface area contributed by atoms with Gasteiger partial charge in [-0.1, -0.05) is 0 Å². The molecule has 0 aliphatic carbocycles. The lowest BCUT2D eigenvalue weighted by Crippen LogP contribution is -2.15. The van der Waals surface area contributed by atoms with Crippen LogP contribution in [0.2, 0.25) is 0 Å². The molecule has 0 fully saturated rings. The maximum absolute atomic E-state index is 12.3. The van der Waals surface area contributed by atoms with Crippen molar-refractivity contribution in [2.75, 3.05) is 17.9 Å². The number of pyridine rings is 1. The van der Waals surface area contributed by atoms with Gasteiger partial charge in [-0.05, 0) is 12.1 Å². The van der Waals surface area contributed by atoms with Crippen LogP contribution in [0, 0.1) is 0 Å². The first-order valence-electron chi connectivity index (χ1n) is 7.93. The van der Waals surface area contributed by atoms with Crippen LogP contribution in [0.3, 0.4) is 0 Å². The Labute approximate surface area is 165 Å². The van der Waals surface area contributed by atoms with E-state index in [0.717, 1.165) is 29.2 Å². The van der Waals surface area contributed by atoms with Crippen LogP contribution < -0.4 is 26.1 Å². The molecule has 0 bridgehead atoms. The number of amides is 2. The van der Waals surface area contributed by atoms with E-state index in [1.54, 1.807) is 18.2 Å². The van der Waals surface area contributed by atoms with Gasteiger partial charge in [0.1, 0.15) is 5.75 Å². The van der Waals surface area contributed by atoms with Crippen molar-refractivity contribution in [2.45, 2.75) is 4.21 Å². The predicted molar refractivity (Wildman–Crippen MR) is 105 cm³/mol. The zero-order chi connectivity index (χ0) is 19.8. The Morgan fingerprint density at radius 2 is 2.07 bits per heavy atom. The number of thioether (sulfide) groups is 1. The van der Waals surface area contributed by atoms with Gasteiger partial charge in [0.2, 0.25) is 12.7 Å². The molecule has 28 heavy (non-hydrogen) atoms. The fourth-order valence-corrected chi connectivity index (χ4v) is 4.94. The highest BCUT2D eigenvalue weighted by Crippen LogP contribution is 2.40. The van der Waals surface area contributed by atoms with E-state index in [1.165, 1.54) is 0 Å². The summed E-state index contributed by atoms with van der Waals surface area (Å²) in [5.74, 6) is -0.168. The van der Waals surface area contributed by atoms with Gasteiger partial charge in [-0.3, -0.25) is 14.4 Å². The molecule has 11 heteroatoms. The second-order valence-corrected chi connectivity index (χ2v) is 8.02. The van der Waals surface area contributed by atoms with E-state index in [1.807, 2.05) is 0 Å². The molecule has 9 nitrogen and oxygen atoms in total. The molecule has 0 spiro atoms. The monoisotopic (exact) mass is 419 g/mol. The standard InChI is InChI=1S/C17H13N3O6S2/c18-16(24)13-14-15(8(21)4-11(22)20-14)28-17(13)27-5-12(23)19-7-1-2-9-10(3-7)26-6-25-9/h1-4H,5-6H2,(H2,18,24)(H,19,23)(H2,20,21,22). The van der Waals surface area contributed by atoms with E-state index in [4.69, 9.17) is 15.2 Å². The van der Waals surface area contributed by atoms with Crippen molar-refractivity contribution in [2.24, 2.45) is 5.73 Å². The minimum Gasteiger partial charge on any atom is -0.506 e. The first-order chi connectivity index (χ1) is 13.4. The van der Waals surface area contributed by atoms with Crippen LogP contribution >= 0.6 is 23.1 Å². The van der Waals surface area contributed by atoms with Gasteiger partial charge in [-0.2, -0.15) is 0 Å². The Morgan fingerprint density at radius 1 is 1.29 bits per heavy atom. The smallest absolute Gasteiger partial charge is 0.252 e. The van der Waals surface area contributed by atoms with Gasteiger partial charge in [0.05, 0.1) is 25.7 Å². The average molecular weight is 419 g/mol. The number of nitrogens with one attached hydrogen (secondary N) is 2. The van der Waals surface area contributed by atoms with Gasteiger partial charge < -0.3 is 30.6 Å². The van der Waals surface area contributed by atoms with Gasteiger partial charge in [-0.25, -0.2) is 0 Å². The maximum Gasteiger partial charge on any atom is 0.252 e. The SMILES string of the molecule is NC(=O)c1c(SCC(=O)Nc2ccc3c(c2)OCO3)sc2c(O)cc(=O)[nH]c12. The molecule has 0 saturated heterocycles. The van der Waals surface area contributed by atoms with Crippen LogP contribution in [0.5, 0.6) is 17.2 Å². The second-order valence-electron chi connectivity index (χ2n) is 5.76. The van der Waals surface area contributed by atoms with E-state index in [9.17, 15) is 19.5 Å². The highest BCUT2D eigenvalue weighted by Gasteiger charge is 2.21. The third-order valence-electron chi connectivity index (χ3n) is 3.86. The van der Waals surface area contributed by atoms with E-state index in [0.29, 0.717) is 26.1 Å². The number of carbonyl (C=O) groups excluding carboxylic acids is 2. The van der Waals surface area contributed by atoms with Crippen LogP contribution in [0.25, 0.3) is 10.2 Å². The summed E-state index contributed by atoms with van der Waals surface area (Å²) < 4.78 is 11.2. The first-order valence-corrected chi connectivity index (χ1v) is 9.73. The number of benzene rings is 1. The first kappa shape index (κ1) is 18.2. The summed E-state index contributed by atoms with van der Waals surface area (Å²) in [5, 5.41) is 12.7. The van der Waals surface area contributed by atoms with Crippen molar-refractivity contribution in [3.05, 3.63) is 40.2 Å². The molecule has 0 atom stereocenters. The molecule has 1 aliphatic rings. The lowest BCUT2D eigenvalue weighted by atomic mass is 10.2. The van der Waals surface area contributed by atoms with Crippen molar-refractivity contribution >= 4 is 50.8 Å². The molecule has 3 aromatic rings. The number of thiophene rings is 1. The number of primary amides is 1. The van der Waals surface area contributed by atoms with Gasteiger partial charge in [0.15, 0.2) is 11.5 Å². The van der Waals surface area contributed by atoms with E-state index in [-0.39, 0.29) is 35.3 Å². The zero-order valence-corrected chi connectivity index (χ0v) is 15.7. The second kappa shape index (κ2) is 7.09. The number of carbonyl (C=O) groups is 2. The molecule has 3 heterocycles. The number of fused-ring (bicyclic) bond motifs is 2. The Morgan fingerprint density at radius 3 is 2.86 bits per heavy atom. The summed E-state index contributed by atoms with van der Waals surface area (Å²) in [5.41, 5.74) is 5.67. The molecule has 1 aromatic carbocycles. The third kappa shape index (κ3) is 3.37. The van der Waals surface area contributed by atoms with E-state index >= 15 is 0 Å². The highest BCUT2D eigenvalue weighted by atomic mass is 32.2. The quantitative estimate of drug-likeness (QED) is 0.462. The van der Waals surface area contributed by atoms with Crippen molar-refractivity contribution in [1.82, 2.24) is 4.98 Å². The molecule has 144 valence electrons. The van der Waals surface area contributed by atoms with Gasteiger partial charge in [0, 0.05) is 17.8 Å². The van der Waals surface area contributed by atoms with Crippen molar-refractivity contribution in [1.29, 1.82) is 0 Å². The normalized spacial score (nSPS) is 12.3. The topological polar surface area (TPSA) is 144 Å². The van der Waals surface area contributed by atoms with Crippen LogP contribution in [0.4, 0.5) is 5.69 Å². The lowest BCUT2D eigenvalue weighted by molar-refractivity contribution is -0.113. The summed E-state index contributed by atoms with van der Waals surface area (Å²) in [4.78, 5) is 38.2. The Balaban J connectivity index is 1.53. The van der Waals surface area contributed by atoms with Crippen molar-refractivity contribution in [3.8, 4) is 17.2 Å². The van der Waals surface area contributed by atoms with Crippen LogP contribution in [-0.2, 0) is 4.79 Å². The van der Waals surface area contributed by atoms with E-state index in [2.05, 4.69) is 10.3 Å². The zero-order valence-electron chi connectivity index (χ0n) is 14.1. The van der Waals surface area contributed by atoms with E-state index < -0.39 is 11.5 Å². The summed E-state index contributed by atoms with van der Waals surface area (Å²) in [6, 6.07) is 6.06. The Kier molecular flexibility index (Phi) is 4.61. The van der Waals surface area contributed by atoms with Gasteiger partial charge in [-0.15, -0.1) is 23.1 Å². The number of anilines is 1. The van der Waals surface area contributed by atoms with Crippen molar-refractivity contribution in [3.63, 3.8) is 0 Å². The summed E-state index contributed by atoms with van der Waals surface area (Å²) in [6.07, 6.45) is 0. The van der Waals surface area contributed by atoms with Crippen LogP contribution in [0.1, 0.15) is 10.4 Å². The van der Waals surface area contributed by atoms with Gasteiger partial charge in [0.25, 0.3) is 11.5 Å². The molecule has 5 N–H and O–H groups in total. The number of aromatic amines is 1. The number of nitrogens with two attached hydrogens (primary N) is 1. The fourth-order valence-electron chi connectivity index (χ4n) is 2.69. The van der Waals surface area contributed by atoms with Gasteiger partial charge >= 0.3 is 0 Å². The van der Waals surface area contributed by atoms with Crippen LogP contribution in [0.15, 0.2) is 33.3 Å². The molecule has 4 rings (SSSR count). The largest absolute Gasteiger partial charge is 0.506 e. The number of aromatic hydroxyl groups is 1. The number of hydrogen-bond donors (Lipinski definition) is 4. The lowest BCUT2D eigenvalue weighted by Gasteiger charge is -2.06. The predicted octanol–water partition coefficient (Wildman–Crippen LogP) is 1.85. The molecular weight excluding hydrogens is 406 g/mol. The fraction of sp³-hybridized carbons (Fsp3) is 0.118. The Hall–Kier alpha value is -3.18. The molecule has 2 amide bonds. The molecule has 0 radical (unpaired) electrons. The summed E-state index contributed by atoms with van der Waals surface area (Å²) in [6.45, 7) is 0.138. The third-order valence-corrected chi connectivity index (χ3v) is 6.34. The average Bonchev–Trinajstić information content (AvgIpc) is 3.23. The number of rotatable bonds is 5. The number of ether oxygens (including phenoxy) is 2. The number of H-pyrrole nitrogens is 1. The van der Waals surface area contributed by atoms with Crippen molar-refractivity contribution < 1.29 is 24.2 Å². The molecular formula is C17H13N3O6S2. The number of aromatic nitrogens is 1. The number of hydrogen-bond acceptors (Lipinski definition) is 8. The summed E-state index contributed by atoms with van der Waals surface area (Å²) in [7, 11) is 0. The molecule has 2 aromatic heterocycles. The van der Waals surface area contributed by atoms with Crippen LogP contribution in [-0.4, -0.2) is 34.5 Å². The maximum atomic E-state index is 12.3.